The zero-order valence-electron chi connectivity index (χ0n) is 15.8. The summed E-state index contributed by atoms with van der Waals surface area (Å²) in [6, 6.07) is 9.73. The van der Waals surface area contributed by atoms with E-state index in [1.807, 2.05) is 43.3 Å². The van der Waals surface area contributed by atoms with E-state index in [1.165, 1.54) is 4.90 Å². The fraction of sp³-hybridized carbons (Fsp3) is 0.150. The summed E-state index contributed by atoms with van der Waals surface area (Å²) in [6.07, 6.45) is 3.49. The Morgan fingerprint density at radius 2 is 2.03 bits per heavy atom. The van der Waals surface area contributed by atoms with Crippen LogP contribution < -0.4 is 5.32 Å². The van der Waals surface area contributed by atoms with Crippen molar-refractivity contribution in [2.24, 2.45) is 0 Å². The van der Waals surface area contributed by atoms with Gasteiger partial charge in [-0.3, -0.25) is 19.3 Å². The third-order valence-electron chi connectivity index (χ3n) is 3.86. The van der Waals surface area contributed by atoms with Gasteiger partial charge in [-0.15, -0.1) is 11.3 Å². The third-order valence-corrected chi connectivity index (χ3v) is 6.04. The summed E-state index contributed by atoms with van der Waals surface area (Å²) in [5.41, 5.74) is 2.27. The maximum atomic E-state index is 12.7. The van der Waals surface area contributed by atoms with Crippen molar-refractivity contribution >= 4 is 68.6 Å². The van der Waals surface area contributed by atoms with Gasteiger partial charge in [-0.1, -0.05) is 60.4 Å². The Balaban J connectivity index is 1.63. The number of anilines is 1. The van der Waals surface area contributed by atoms with Crippen molar-refractivity contribution in [1.29, 1.82) is 0 Å². The second-order valence-corrected chi connectivity index (χ2v) is 8.86. The van der Waals surface area contributed by atoms with E-state index in [0.717, 1.165) is 34.2 Å². The molecule has 1 aliphatic heterocycles. The number of nitrogens with one attached hydrogen (secondary N) is 1. The molecule has 2 N–H and O–H groups in total. The van der Waals surface area contributed by atoms with Crippen molar-refractivity contribution < 1.29 is 19.5 Å². The smallest absolute Gasteiger partial charge is 0.309 e. The van der Waals surface area contributed by atoms with Gasteiger partial charge in [-0.2, -0.15) is 0 Å². The first-order chi connectivity index (χ1) is 14.3. The summed E-state index contributed by atoms with van der Waals surface area (Å²) in [4.78, 5) is 41.4. The van der Waals surface area contributed by atoms with Crippen LogP contribution >= 0.6 is 35.3 Å². The fourth-order valence-corrected chi connectivity index (χ4v) is 4.63. The van der Waals surface area contributed by atoms with Gasteiger partial charge in [0, 0.05) is 5.38 Å². The second kappa shape index (κ2) is 9.79. The minimum absolute atomic E-state index is 0.221. The fourth-order valence-electron chi connectivity index (χ4n) is 2.60. The predicted molar refractivity (Wildman–Crippen MR) is 122 cm³/mol. The van der Waals surface area contributed by atoms with Gasteiger partial charge in [0.05, 0.1) is 17.0 Å². The van der Waals surface area contributed by atoms with Crippen LogP contribution in [-0.4, -0.2) is 43.6 Å². The molecule has 1 aromatic heterocycles. The zero-order chi connectivity index (χ0) is 21.7. The highest BCUT2D eigenvalue weighted by Gasteiger charge is 2.33. The molecule has 0 bridgehead atoms. The number of allylic oxidation sites excluding steroid dienone is 2. The first kappa shape index (κ1) is 21.9. The van der Waals surface area contributed by atoms with E-state index in [-0.39, 0.29) is 24.0 Å². The van der Waals surface area contributed by atoms with Crippen LogP contribution in [0.5, 0.6) is 0 Å². The molecule has 154 valence electrons. The predicted octanol–water partition coefficient (Wildman–Crippen LogP) is 3.56. The van der Waals surface area contributed by atoms with Gasteiger partial charge >= 0.3 is 5.97 Å². The molecule has 0 saturated carbocycles. The van der Waals surface area contributed by atoms with Crippen molar-refractivity contribution in [3.8, 4) is 0 Å². The molecule has 10 heteroatoms. The number of carbonyl (C=O) groups is 3. The van der Waals surface area contributed by atoms with Crippen LogP contribution in [0.2, 0.25) is 0 Å². The summed E-state index contributed by atoms with van der Waals surface area (Å²) in [5.74, 6) is -1.79. The highest BCUT2D eigenvalue weighted by Crippen LogP contribution is 2.32. The van der Waals surface area contributed by atoms with Gasteiger partial charge in [0.1, 0.15) is 10.9 Å². The summed E-state index contributed by atoms with van der Waals surface area (Å²) in [6.45, 7) is 1.65. The molecule has 30 heavy (non-hydrogen) atoms. The minimum Gasteiger partial charge on any atom is -0.481 e. The van der Waals surface area contributed by atoms with Crippen LogP contribution in [0.15, 0.2) is 52.3 Å². The number of thioether (sulfide) groups is 1. The molecule has 1 saturated heterocycles. The number of aliphatic carboxylic acids is 1. The number of hydrogen-bond acceptors (Lipinski definition) is 7. The van der Waals surface area contributed by atoms with Gasteiger partial charge in [0.25, 0.3) is 5.91 Å². The van der Waals surface area contributed by atoms with Gasteiger partial charge in [-0.25, -0.2) is 4.98 Å². The molecule has 1 aliphatic rings. The SMILES string of the molecule is CC(/C=C1\SC(=S)N(CC(=O)Nc2nc(CC(=O)O)cs2)C1=O)=C\c1ccccc1. The monoisotopic (exact) mass is 459 g/mol. The highest BCUT2D eigenvalue weighted by molar-refractivity contribution is 8.26. The summed E-state index contributed by atoms with van der Waals surface area (Å²) in [5, 5.41) is 13.2. The Morgan fingerprint density at radius 1 is 1.30 bits per heavy atom. The Labute approximate surface area is 186 Å². The van der Waals surface area contributed by atoms with Crippen LogP contribution in [0.3, 0.4) is 0 Å². The molecule has 2 amide bonds. The molecule has 0 unspecified atom stereocenters. The molecule has 0 atom stereocenters. The number of carboxylic acid groups (broad SMARTS) is 1. The van der Waals surface area contributed by atoms with Crippen molar-refractivity contribution in [2.45, 2.75) is 13.3 Å². The molecule has 0 radical (unpaired) electrons. The van der Waals surface area contributed by atoms with E-state index in [2.05, 4.69) is 10.3 Å². The Morgan fingerprint density at radius 3 is 2.73 bits per heavy atom. The molecule has 3 rings (SSSR count). The topological polar surface area (TPSA) is 99.6 Å². The Kier molecular flexibility index (Phi) is 7.14. The molecule has 2 heterocycles. The second-order valence-electron chi connectivity index (χ2n) is 6.33. The van der Waals surface area contributed by atoms with E-state index in [1.54, 1.807) is 11.5 Å². The lowest BCUT2D eigenvalue weighted by molar-refractivity contribution is -0.136. The van der Waals surface area contributed by atoms with Gasteiger partial charge in [0.15, 0.2) is 5.13 Å². The van der Waals surface area contributed by atoms with Crippen LogP contribution in [-0.2, 0) is 20.8 Å². The number of thiazole rings is 1. The number of hydrogen-bond donors (Lipinski definition) is 2. The molecule has 7 nitrogen and oxygen atoms in total. The maximum absolute atomic E-state index is 12.7. The molecule has 1 aromatic carbocycles. The van der Waals surface area contributed by atoms with Crippen molar-refractivity contribution in [3.63, 3.8) is 0 Å². The summed E-state index contributed by atoms with van der Waals surface area (Å²) < 4.78 is 0.305. The lowest BCUT2D eigenvalue weighted by Gasteiger charge is -2.13. The number of rotatable bonds is 7. The first-order valence-electron chi connectivity index (χ1n) is 8.76. The first-order valence-corrected chi connectivity index (χ1v) is 10.9. The summed E-state index contributed by atoms with van der Waals surface area (Å²) >= 11 is 7.53. The number of thiocarbonyl (C=S) groups is 1. The van der Waals surface area contributed by atoms with Crippen LogP contribution in [0, 0.1) is 0 Å². The normalized spacial score (nSPS) is 15.7. The van der Waals surface area contributed by atoms with Crippen molar-refractivity contribution in [1.82, 2.24) is 9.88 Å². The molecule has 0 spiro atoms. The van der Waals surface area contributed by atoms with Crippen LogP contribution in [0.4, 0.5) is 5.13 Å². The van der Waals surface area contributed by atoms with E-state index in [4.69, 9.17) is 17.3 Å². The number of amides is 2. The number of aromatic nitrogens is 1. The number of carboxylic acids is 1. The van der Waals surface area contributed by atoms with Crippen molar-refractivity contribution in [2.75, 3.05) is 11.9 Å². The van der Waals surface area contributed by atoms with Crippen molar-refractivity contribution in [3.05, 3.63) is 63.5 Å². The van der Waals surface area contributed by atoms with Gasteiger partial charge < -0.3 is 10.4 Å². The quantitative estimate of drug-likeness (QED) is 0.482. The zero-order valence-corrected chi connectivity index (χ0v) is 18.3. The molecular formula is C20H17N3O4S3. The summed E-state index contributed by atoms with van der Waals surface area (Å²) in [7, 11) is 0. The maximum Gasteiger partial charge on any atom is 0.309 e. The minimum atomic E-state index is -1.00. The Hall–Kier alpha value is -2.82. The lowest BCUT2D eigenvalue weighted by atomic mass is 10.1. The largest absolute Gasteiger partial charge is 0.481 e. The van der Waals surface area contributed by atoms with E-state index in [9.17, 15) is 14.4 Å². The van der Waals surface area contributed by atoms with E-state index in [0.29, 0.717) is 14.9 Å². The lowest BCUT2D eigenvalue weighted by Crippen LogP contribution is -2.36. The van der Waals surface area contributed by atoms with Gasteiger partial charge in [0.2, 0.25) is 5.91 Å². The average Bonchev–Trinajstić information content (AvgIpc) is 3.21. The molecular weight excluding hydrogens is 442 g/mol. The van der Waals surface area contributed by atoms with E-state index < -0.39 is 11.9 Å². The van der Waals surface area contributed by atoms with Crippen LogP contribution in [0.1, 0.15) is 18.2 Å². The standard InChI is InChI=1S/C20H17N3O4S3/c1-12(7-13-5-3-2-4-6-13)8-15-18(27)23(20(28)30-15)10-16(24)22-19-21-14(11-29-19)9-17(25)26/h2-8,11H,9-10H2,1H3,(H,25,26)(H,21,22,24)/b12-7+,15-8-. The molecule has 0 aliphatic carbocycles. The number of benzene rings is 1. The van der Waals surface area contributed by atoms with Gasteiger partial charge in [-0.05, 0) is 24.1 Å². The Bertz CT molecular complexity index is 1060. The number of nitrogens with zero attached hydrogens (tertiary/aromatic N) is 2. The number of carbonyl (C=O) groups excluding carboxylic acids is 2. The third kappa shape index (κ3) is 5.85. The molecule has 1 fully saturated rings. The van der Waals surface area contributed by atoms with E-state index >= 15 is 0 Å². The highest BCUT2D eigenvalue weighted by atomic mass is 32.2. The van der Waals surface area contributed by atoms with Crippen LogP contribution in [0.25, 0.3) is 6.08 Å². The average molecular weight is 460 g/mol. The molecule has 2 aromatic rings.